The molecule has 0 amide bonds. The summed E-state index contributed by atoms with van der Waals surface area (Å²) in [5.41, 5.74) is -1.73. The topological polar surface area (TPSA) is 29.4 Å². The van der Waals surface area contributed by atoms with Crippen LogP contribution < -0.4 is 0 Å². The minimum Gasteiger partial charge on any atom is -0.206 e. The lowest BCUT2D eigenvalue weighted by atomic mass is 10.0. The lowest BCUT2D eigenvalue weighted by molar-refractivity contribution is -0.140. The molecule has 0 heterocycles. The van der Waals surface area contributed by atoms with Crippen LogP contribution in [-0.4, -0.2) is 0 Å². The van der Waals surface area contributed by atoms with E-state index in [1.807, 2.05) is 0 Å². The van der Waals surface area contributed by atoms with Crippen molar-refractivity contribution in [3.05, 3.63) is 40.1 Å². The van der Waals surface area contributed by atoms with Gasteiger partial charge in [0, 0.05) is 5.56 Å². The van der Waals surface area contributed by atoms with Crippen molar-refractivity contribution >= 4 is 0 Å². The minimum absolute atomic E-state index is 0.347. The van der Waals surface area contributed by atoms with Crippen molar-refractivity contribution in [2.24, 2.45) is 5.18 Å². The Morgan fingerprint density at radius 1 is 1.33 bits per heavy atom. The Balaban J connectivity index is 3.29. The van der Waals surface area contributed by atoms with E-state index in [2.05, 4.69) is 5.18 Å². The summed E-state index contributed by atoms with van der Waals surface area (Å²) in [5, 5.41) is 2.49. The largest absolute Gasteiger partial charge is 0.419 e. The summed E-state index contributed by atoms with van der Waals surface area (Å²) >= 11 is 0. The second kappa shape index (κ2) is 3.96. The number of benzene rings is 1. The molecule has 0 saturated heterocycles. The van der Waals surface area contributed by atoms with Crippen molar-refractivity contribution < 1.29 is 17.6 Å². The van der Waals surface area contributed by atoms with E-state index >= 15 is 0 Å². The highest BCUT2D eigenvalue weighted by Crippen LogP contribution is 2.34. The lowest BCUT2D eigenvalue weighted by Gasteiger charge is -2.11. The Morgan fingerprint density at radius 3 is 2.40 bits per heavy atom. The molecule has 0 saturated carbocycles. The number of alkyl halides is 3. The second-order valence-corrected chi connectivity index (χ2v) is 2.99. The zero-order valence-corrected chi connectivity index (χ0v) is 7.68. The Kier molecular flexibility index (Phi) is 3.06. The summed E-state index contributed by atoms with van der Waals surface area (Å²) in [6, 6.07) is 1.64. The highest BCUT2D eigenvalue weighted by molar-refractivity contribution is 5.30. The van der Waals surface area contributed by atoms with Crippen LogP contribution in [0.3, 0.4) is 0 Å². The highest BCUT2D eigenvalue weighted by atomic mass is 19.4. The molecule has 0 N–H and O–H groups in total. The third kappa shape index (κ3) is 2.31. The maximum atomic E-state index is 13.3. The van der Waals surface area contributed by atoms with E-state index in [0.29, 0.717) is 6.07 Å². The van der Waals surface area contributed by atoms with Crippen LogP contribution in [0.25, 0.3) is 0 Å². The van der Waals surface area contributed by atoms with Crippen molar-refractivity contribution in [3.8, 4) is 0 Å². The zero-order chi connectivity index (χ0) is 11.6. The van der Waals surface area contributed by atoms with Gasteiger partial charge in [0.2, 0.25) is 0 Å². The monoisotopic (exact) mass is 221 g/mol. The van der Waals surface area contributed by atoms with Gasteiger partial charge >= 0.3 is 6.18 Å². The number of hydrogen-bond acceptors (Lipinski definition) is 2. The van der Waals surface area contributed by atoms with E-state index in [1.54, 1.807) is 0 Å². The number of nitroso groups, excluding NO2 is 1. The average Bonchev–Trinajstić information content (AvgIpc) is 2.15. The van der Waals surface area contributed by atoms with Crippen LogP contribution in [0.1, 0.15) is 24.1 Å². The molecule has 1 aromatic rings. The van der Waals surface area contributed by atoms with Gasteiger partial charge in [0.25, 0.3) is 0 Å². The lowest BCUT2D eigenvalue weighted by Crippen LogP contribution is -2.10. The first kappa shape index (κ1) is 11.6. The van der Waals surface area contributed by atoms with Gasteiger partial charge in [-0.15, -0.1) is 0 Å². The summed E-state index contributed by atoms with van der Waals surface area (Å²) in [5.74, 6) is -1.43. The third-order valence-corrected chi connectivity index (χ3v) is 1.94. The molecule has 0 aliphatic rings. The van der Waals surface area contributed by atoms with Crippen LogP contribution in [0, 0.1) is 10.7 Å². The molecular weight excluding hydrogens is 214 g/mol. The maximum Gasteiger partial charge on any atom is 0.419 e. The molecule has 0 aliphatic carbocycles. The number of halogens is 4. The van der Waals surface area contributed by atoms with Gasteiger partial charge in [0.1, 0.15) is 11.9 Å². The molecule has 0 radical (unpaired) electrons. The van der Waals surface area contributed by atoms with E-state index in [4.69, 9.17) is 0 Å². The molecular formula is C9H7F4NO. The molecule has 1 aromatic carbocycles. The molecule has 1 atom stereocenters. The van der Waals surface area contributed by atoms with Crippen molar-refractivity contribution in [1.29, 1.82) is 0 Å². The van der Waals surface area contributed by atoms with Gasteiger partial charge < -0.3 is 0 Å². The normalized spacial score (nSPS) is 13.7. The fourth-order valence-electron chi connectivity index (χ4n) is 1.15. The summed E-state index contributed by atoms with van der Waals surface area (Å²) < 4.78 is 50.0. The summed E-state index contributed by atoms with van der Waals surface area (Å²) in [4.78, 5) is 10.1. The molecule has 15 heavy (non-hydrogen) atoms. The van der Waals surface area contributed by atoms with E-state index in [1.165, 1.54) is 6.92 Å². The Labute approximate surface area is 82.9 Å². The molecule has 0 fully saturated rings. The molecule has 1 unspecified atom stereocenters. The molecule has 0 aliphatic heterocycles. The molecule has 2 nitrogen and oxygen atoms in total. The molecule has 82 valence electrons. The Hall–Kier alpha value is -1.46. The molecule has 0 spiro atoms. The Morgan fingerprint density at radius 2 is 1.93 bits per heavy atom. The summed E-state index contributed by atoms with van der Waals surface area (Å²) in [6.45, 7) is 1.23. The van der Waals surface area contributed by atoms with E-state index in [0.717, 1.165) is 12.1 Å². The third-order valence-electron chi connectivity index (χ3n) is 1.94. The van der Waals surface area contributed by atoms with Gasteiger partial charge in [-0.1, -0.05) is 17.3 Å². The van der Waals surface area contributed by atoms with Crippen molar-refractivity contribution in [2.45, 2.75) is 19.1 Å². The minimum atomic E-state index is -4.76. The van der Waals surface area contributed by atoms with Gasteiger partial charge in [-0.3, -0.25) is 0 Å². The predicted molar refractivity (Wildman–Crippen MR) is 45.6 cm³/mol. The van der Waals surface area contributed by atoms with Crippen molar-refractivity contribution in [3.63, 3.8) is 0 Å². The van der Waals surface area contributed by atoms with Gasteiger partial charge in [-0.05, 0) is 13.0 Å². The van der Waals surface area contributed by atoms with Crippen LogP contribution in [-0.2, 0) is 6.18 Å². The van der Waals surface area contributed by atoms with E-state index < -0.39 is 23.6 Å². The smallest absolute Gasteiger partial charge is 0.206 e. The van der Waals surface area contributed by atoms with Crippen LogP contribution in [0.15, 0.2) is 23.4 Å². The van der Waals surface area contributed by atoms with Gasteiger partial charge in [0.15, 0.2) is 0 Å². The summed E-state index contributed by atoms with van der Waals surface area (Å²) in [6.07, 6.45) is -4.76. The van der Waals surface area contributed by atoms with E-state index in [-0.39, 0.29) is 5.56 Å². The molecule has 1 rings (SSSR count). The second-order valence-electron chi connectivity index (χ2n) is 2.99. The Bertz CT molecular complexity index is 375. The fraction of sp³-hybridized carbons (Fsp3) is 0.333. The number of nitrogens with zero attached hydrogens (tertiary/aromatic N) is 1. The van der Waals surface area contributed by atoms with Gasteiger partial charge in [-0.25, -0.2) is 4.39 Å². The first-order valence-corrected chi connectivity index (χ1v) is 4.06. The number of hydrogen-bond donors (Lipinski definition) is 0. The molecule has 6 heteroatoms. The predicted octanol–water partition coefficient (Wildman–Crippen LogP) is 3.67. The fourth-order valence-corrected chi connectivity index (χ4v) is 1.15. The quantitative estimate of drug-likeness (QED) is 0.553. The van der Waals surface area contributed by atoms with E-state index in [9.17, 15) is 22.5 Å². The number of rotatable bonds is 2. The maximum absolute atomic E-state index is 13.3. The highest BCUT2D eigenvalue weighted by Gasteiger charge is 2.35. The first-order chi connectivity index (χ1) is 6.88. The molecule has 0 bridgehead atoms. The zero-order valence-electron chi connectivity index (χ0n) is 7.68. The van der Waals surface area contributed by atoms with Crippen LogP contribution >= 0.6 is 0 Å². The van der Waals surface area contributed by atoms with Crippen molar-refractivity contribution in [2.75, 3.05) is 0 Å². The van der Waals surface area contributed by atoms with Crippen LogP contribution in [0.4, 0.5) is 17.6 Å². The average molecular weight is 221 g/mol. The van der Waals surface area contributed by atoms with Crippen LogP contribution in [0.2, 0.25) is 0 Å². The van der Waals surface area contributed by atoms with Gasteiger partial charge in [-0.2, -0.15) is 18.1 Å². The molecule has 0 aromatic heterocycles. The van der Waals surface area contributed by atoms with Crippen LogP contribution in [0.5, 0.6) is 0 Å². The summed E-state index contributed by atoms with van der Waals surface area (Å²) in [7, 11) is 0. The van der Waals surface area contributed by atoms with Gasteiger partial charge in [0.05, 0.1) is 5.56 Å². The first-order valence-electron chi connectivity index (χ1n) is 4.06. The SMILES string of the molecule is CC(N=O)c1cccc(C(F)(F)F)c1F. The standard InChI is InChI=1S/C9H7F4NO/c1-5(14-15)6-3-2-4-7(8(6)10)9(11,12)13/h2-5H,1H3. The van der Waals surface area contributed by atoms with Crippen molar-refractivity contribution in [1.82, 2.24) is 0 Å².